The minimum atomic E-state index is -0.294. The molecule has 1 unspecified atom stereocenters. The number of carbonyl (C=O) groups excluding carboxylic acids is 1. The highest BCUT2D eigenvalue weighted by atomic mass is 35.5. The number of carbonyl (C=O) groups is 1. The van der Waals surface area contributed by atoms with E-state index < -0.39 is 0 Å². The minimum Gasteiger partial charge on any atom is -0.442 e. The molecule has 0 bridgehead atoms. The molecule has 2 aliphatic heterocycles. The topological polar surface area (TPSA) is 100 Å². The number of benzene rings is 1. The van der Waals surface area contributed by atoms with Gasteiger partial charge in [-0.25, -0.2) is 4.98 Å². The summed E-state index contributed by atoms with van der Waals surface area (Å²) in [5.41, 5.74) is 3.47. The van der Waals surface area contributed by atoms with E-state index in [1.54, 1.807) is 18.9 Å². The van der Waals surface area contributed by atoms with Crippen molar-refractivity contribution in [1.82, 2.24) is 20.2 Å². The van der Waals surface area contributed by atoms with Gasteiger partial charge in [-0.2, -0.15) is 0 Å². The zero-order valence-electron chi connectivity index (χ0n) is 17.6. The molecule has 8 nitrogen and oxygen atoms in total. The Kier molecular flexibility index (Phi) is 5.49. The second-order valence-electron chi connectivity index (χ2n) is 8.25. The molecule has 2 aromatic heterocycles. The van der Waals surface area contributed by atoms with Crippen molar-refractivity contribution < 1.29 is 13.9 Å². The van der Waals surface area contributed by atoms with Crippen LogP contribution >= 0.6 is 23.2 Å². The van der Waals surface area contributed by atoms with Crippen LogP contribution in [0.4, 0.5) is 0 Å². The van der Waals surface area contributed by atoms with E-state index in [9.17, 15) is 9.59 Å². The third-order valence-electron chi connectivity index (χ3n) is 6.40. The van der Waals surface area contributed by atoms with Gasteiger partial charge in [-0.15, -0.1) is 0 Å². The Hall–Kier alpha value is -2.39. The molecule has 0 saturated carbocycles. The lowest BCUT2D eigenvalue weighted by molar-refractivity contribution is 0.0292. The normalized spacial score (nSPS) is 17.5. The van der Waals surface area contributed by atoms with E-state index in [2.05, 4.69) is 15.3 Å². The standard InChI is InChI=1S/C22H22Cl2N4O4/c1-10-19-18(26-9-32-19)14(21(29)27-10)8-28-4-3-12-15(23)5-13(17(24)16(12)22(28)30)20(31-2)11-6-25-7-11/h5,9,11,20,25H,3-4,6-8H2,1-2H3,(H,27,29). The van der Waals surface area contributed by atoms with Crippen molar-refractivity contribution in [3.05, 3.63) is 60.8 Å². The van der Waals surface area contributed by atoms with E-state index in [0.717, 1.165) is 18.7 Å². The first-order chi connectivity index (χ1) is 15.4. The molecule has 168 valence electrons. The van der Waals surface area contributed by atoms with Gasteiger partial charge in [0.1, 0.15) is 5.52 Å². The number of halogens is 2. The van der Waals surface area contributed by atoms with Crippen LogP contribution in [0.15, 0.2) is 21.7 Å². The van der Waals surface area contributed by atoms with E-state index in [0.29, 0.717) is 56.5 Å². The molecule has 32 heavy (non-hydrogen) atoms. The van der Waals surface area contributed by atoms with Crippen LogP contribution in [0.1, 0.15) is 38.8 Å². The molecule has 5 rings (SSSR count). The number of aromatic amines is 1. The Morgan fingerprint density at radius 3 is 2.81 bits per heavy atom. The highest BCUT2D eigenvalue weighted by Gasteiger charge is 2.36. The molecule has 10 heteroatoms. The van der Waals surface area contributed by atoms with Crippen LogP contribution in [0.25, 0.3) is 11.1 Å². The van der Waals surface area contributed by atoms with E-state index >= 15 is 0 Å². The lowest BCUT2D eigenvalue weighted by Crippen LogP contribution is -2.46. The third-order valence-corrected chi connectivity index (χ3v) is 7.14. The second kappa shape index (κ2) is 8.19. The van der Waals surface area contributed by atoms with Crippen molar-refractivity contribution in [2.24, 2.45) is 5.92 Å². The molecule has 0 spiro atoms. The first kappa shape index (κ1) is 21.5. The van der Waals surface area contributed by atoms with Gasteiger partial charge in [0.2, 0.25) is 0 Å². The molecule has 1 fully saturated rings. The Bertz CT molecular complexity index is 1280. The van der Waals surface area contributed by atoms with Gasteiger partial charge in [0.15, 0.2) is 12.0 Å². The van der Waals surface area contributed by atoms with Crippen molar-refractivity contribution in [2.45, 2.75) is 26.0 Å². The Morgan fingerprint density at radius 2 is 2.12 bits per heavy atom. The number of amides is 1. The smallest absolute Gasteiger partial charge is 0.256 e. The van der Waals surface area contributed by atoms with Gasteiger partial charge in [-0.05, 0) is 25.0 Å². The highest BCUT2D eigenvalue weighted by Crippen LogP contribution is 2.41. The van der Waals surface area contributed by atoms with Crippen molar-refractivity contribution in [3.63, 3.8) is 0 Å². The summed E-state index contributed by atoms with van der Waals surface area (Å²) in [6, 6.07) is 1.82. The van der Waals surface area contributed by atoms with Gasteiger partial charge >= 0.3 is 0 Å². The summed E-state index contributed by atoms with van der Waals surface area (Å²) < 4.78 is 11.1. The molecular weight excluding hydrogens is 455 g/mol. The number of H-pyrrole nitrogens is 1. The predicted octanol–water partition coefficient (Wildman–Crippen LogP) is 3.24. The van der Waals surface area contributed by atoms with Crippen LogP contribution in [0.5, 0.6) is 0 Å². The quantitative estimate of drug-likeness (QED) is 0.586. The van der Waals surface area contributed by atoms with E-state index in [4.69, 9.17) is 32.4 Å². The van der Waals surface area contributed by atoms with Gasteiger partial charge < -0.3 is 24.4 Å². The van der Waals surface area contributed by atoms with Gasteiger partial charge in [-0.1, -0.05) is 23.2 Å². The number of nitrogens with one attached hydrogen (secondary N) is 2. The molecule has 0 aliphatic carbocycles. The molecule has 2 N–H and O–H groups in total. The van der Waals surface area contributed by atoms with Gasteiger partial charge in [0.05, 0.1) is 34.5 Å². The van der Waals surface area contributed by atoms with Crippen molar-refractivity contribution >= 4 is 40.2 Å². The number of oxazole rings is 1. The fourth-order valence-corrected chi connectivity index (χ4v) is 5.25. The van der Waals surface area contributed by atoms with Crippen molar-refractivity contribution in [2.75, 3.05) is 26.7 Å². The average molecular weight is 477 g/mol. The molecule has 1 saturated heterocycles. The lowest BCUT2D eigenvalue weighted by Gasteiger charge is -2.36. The van der Waals surface area contributed by atoms with Crippen LogP contribution in [0.3, 0.4) is 0 Å². The maximum absolute atomic E-state index is 13.5. The summed E-state index contributed by atoms with van der Waals surface area (Å²) in [7, 11) is 1.63. The monoisotopic (exact) mass is 476 g/mol. The largest absolute Gasteiger partial charge is 0.442 e. The fraction of sp³-hybridized carbons (Fsp3) is 0.409. The number of aromatic nitrogens is 2. The molecule has 1 amide bonds. The highest BCUT2D eigenvalue weighted by molar-refractivity contribution is 6.37. The summed E-state index contributed by atoms with van der Waals surface area (Å²) in [5, 5.41) is 4.10. The van der Waals surface area contributed by atoms with E-state index in [1.165, 1.54) is 6.39 Å². The van der Waals surface area contributed by atoms with Crippen molar-refractivity contribution in [3.8, 4) is 0 Å². The third kappa shape index (κ3) is 3.33. The number of fused-ring (bicyclic) bond motifs is 2. The first-order valence-electron chi connectivity index (χ1n) is 10.4. The lowest BCUT2D eigenvalue weighted by atomic mass is 9.87. The number of methoxy groups -OCH3 is 1. The maximum atomic E-state index is 13.5. The first-order valence-corrected chi connectivity index (χ1v) is 11.1. The Morgan fingerprint density at radius 1 is 1.34 bits per heavy atom. The van der Waals surface area contributed by atoms with Crippen LogP contribution in [-0.2, 0) is 17.7 Å². The number of pyridine rings is 1. The average Bonchev–Trinajstić information content (AvgIpc) is 3.22. The molecule has 0 radical (unpaired) electrons. The van der Waals surface area contributed by atoms with Crippen molar-refractivity contribution in [1.29, 1.82) is 0 Å². The minimum absolute atomic E-state index is 0.0926. The van der Waals surface area contributed by atoms with Gasteiger partial charge in [0.25, 0.3) is 11.5 Å². The molecule has 4 heterocycles. The molecule has 1 atom stereocenters. The molecular formula is C22H22Cl2N4O4. The molecule has 1 aromatic carbocycles. The number of hydrogen-bond acceptors (Lipinski definition) is 6. The van der Waals surface area contributed by atoms with Crippen LogP contribution in [-0.4, -0.2) is 47.5 Å². The van der Waals surface area contributed by atoms with Crippen LogP contribution < -0.4 is 10.9 Å². The molecule has 2 aliphatic rings. The number of hydrogen-bond donors (Lipinski definition) is 2. The summed E-state index contributed by atoms with van der Waals surface area (Å²) in [4.78, 5) is 34.8. The number of nitrogens with zero attached hydrogens (tertiary/aromatic N) is 2. The zero-order valence-corrected chi connectivity index (χ0v) is 19.1. The Labute approximate surface area is 193 Å². The predicted molar refractivity (Wildman–Crippen MR) is 120 cm³/mol. The summed E-state index contributed by atoms with van der Waals surface area (Å²) in [6.07, 6.45) is 1.57. The van der Waals surface area contributed by atoms with Gasteiger partial charge in [0, 0.05) is 43.2 Å². The number of rotatable bonds is 5. The Balaban J connectivity index is 1.54. The van der Waals surface area contributed by atoms with Crippen LogP contribution in [0, 0.1) is 12.8 Å². The SMILES string of the molecule is COC(c1cc(Cl)c2c(c1Cl)C(=O)N(Cc1c(=O)[nH]c(C)c3ocnc13)CC2)C1CNC1. The van der Waals surface area contributed by atoms with E-state index in [1.807, 2.05) is 6.07 Å². The zero-order chi connectivity index (χ0) is 22.6. The number of aryl methyl sites for hydroxylation is 1. The summed E-state index contributed by atoms with van der Waals surface area (Å²) >= 11 is 13.4. The van der Waals surface area contributed by atoms with Crippen LogP contribution in [0.2, 0.25) is 10.0 Å². The van der Waals surface area contributed by atoms with E-state index in [-0.39, 0.29) is 30.0 Å². The molecule has 3 aromatic rings. The number of ether oxygens (including phenoxy) is 1. The summed E-state index contributed by atoms with van der Waals surface area (Å²) in [6.45, 7) is 3.87. The fourth-order valence-electron chi connectivity index (χ4n) is 4.59. The maximum Gasteiger partial charge on any atom is 0.256 e. The van der Waals surface area contributed by atoms with Gasteiger partial charge in [-0.3, -0.25) is 9.59 Å². The second-order valence-corrected chi connectivity index (χ2v) is 9.04. The summed E-state index contributed by atoms with van der Waals surface area (Å²) in [5.74, 6) is -0.00816.